The standard InChI is InChI=1S/C15H21ClN2O3/c1-20-7-8-21-14-5-4-11(16)9-13(14)15(19)18-12-3-2-6-17-10-12/h4-5,9,12,17H,2-3,6-8,10H2,1H3,(H,18,19). The number of ether oxygens (including phenoxy) is 2. The van der Waals surface area contributed by atoms with Crippen molar-refractivity contribution in [1.82, 2.24) is 10.6 Å². The molecule has 1 aromatic carbocycles. The molecule has 0 bridgehead atoms. The van der Waals surface area contributed by atoms with Gasteiger partial charge in [-0.25, -0.2) is 0 Å². The van der Waals surface area contributed by atoms with Gasteiger partial charge in [0.1, 0.15) is 12.4 Å². The number of amides is 1. The minimum absolute atomic E-state index is 0.150. The van der Waals surface area contributed by atoms with Crippen molar-refractivity contribution in [3.05, 3.63) is 28.8 Å². The summed E-state index contributed by atoms with van der Waals surface area (Å²) in [6, 6.07) is 5.21. The maximum atomic E-state index is 12.4. The number of nitrogens with one attached hydrogen (secondary N) is 2. The zero-order chi connectivity index (χ0) is 15.1. The third-order valence-electron chi connectivity index (χ3n) is 3.36. The molecule has 1 aliphatic rings. The summed E-state index contributed by atoms with van der Waals surface area (Å²) in [4.78, 5) is 12.4. The second-order valence-corrected chi connectivity index (χ2v) is 5.43. The minimum atomic E-state index is -0.154. The van der Waals surface area contributed by atoms with Crippen LogP contribution in [-0.4, -0.2) is 45.4 Å². The van der Waals surface area contributed by atoms with E-state index in [1.54, 1.807) is 25.3 Å². The second-order valence-electron chi connectivity index (χ2n) is 5.00. The maximum absolute atomic E-state index is 12.4. The van der Waals surface area contributed by atoms with Crippen molar-refractivity contribution < 1.29 is 14.3 Å². The lowest BCUT2D eigenvalue weighted by Gasteiger charge is -2.24. The first-order chi connectivity index (χ1) is 10.2. The molecule has 0 spiro atoms. The van der Waals surface area contributed by atoms with Crippen LogP contribution < -0.4 is 15.4 Å². The van der Waals surface area contributed by atoms with Crippen molar-refractivity contribution in [2.75, 3.05) is 33.4 Å². The van der Waals surface area contributed by atoms with Gasteiger partial charge in [0.25, 0.3) is 5.91 Å². The third-order valence-corrected chi connectivity index (χ3v) is 3.60. The number of hydrogen-bond acceptors (Lipinski definition) is 4. The van der Waals surface area contributed by atoms with E-state index in [-0.39, 0.29) is 11.9 Å². The van der Waals surface area contributed by atoms with E-state index < -0.39 is 0 Å². The fraction of sp³-hybridized carbons (Fsp3) is 0.533. The van der Waals surface area contributed by atoms with Gasteiger partial charge in [0.15, 0.2) is 0 Å². The fourth-order valence-electron chi connectivity index (χ4n) is 2.28. The third kappa shape index (κ3) is 4.88. The van der Waals surface area contributed by atoms with Gasteiger partial charge in [-0.2, -0.15) is 0 Å². The van der Waals surface area contributed by atoms with E-state index in [0.29, 0.717) is 29.5 Å². The molecule has 1 unspecified atom stereocenters. The highest BCUT2D eigenvalue weighted by molar-refractivity contribution is 6.31. The monoisotopic (exact) mass is 312 g/mol. The summed E-state index contributed by atoms with van der Waals surface area (Å²) in [6.45, 7) is 2.67. The van der Waals surface area contributed by atoms with Crippen molar-refractivity contribution in [3.8, 4) is 5.75 Å². The first-order valence-corrected chi connectivity index (χ1v) is 7.51. The maximum Gasteiger partial charge on any atom is 0.255 e. The molecule has 0 saturated carbocycles. The van der Waals surface area contributed by atoms with Crippen molar-refractivity contribution in [3.63, 3.8) is 0 Å². The topological polar surface area (TPSA) is 59.6 Å². The Hall–Kier alpha value is -1.30. The highest BCUT2D eigenvalue weighted by Crippen LogP contribution is 2.23. The van der Waals surface area contributed by atoms with Crippen LogP contribution in [0.1, 0.15) is 23.2 Å². The zero-order valence-electron chi connectivity index (χ0n) is 12.2. The molecular formula is C15H21ClN2O3. The largest absolute Gasteiger partial charge is 0.490 e. The smallest absolute Gasteiger partial charge is 0.255 e. The number of carbonyl (C=O) groups is 1. The van der Waals surface area contributed by atoms with E-state index in [1.807, 2.05) is 0 Å². The van der Waals surface area contributed by atoms with Crippen LogP contribution in [0, 0.1) is 0 Å². The Morgan fingerprint density at radius 2 is 2.33 bits per heavy atom. The summed E-state index contributed by atoms with van der Waals surface area (Å²) < 4.78 is 10.5. The Bertz CT molecular complexity index is 476. The Kier molecular flexibility index (Phi) is 6.29. The van der Waals surface area contributed by atoms with Gasteiger partial charge in [-0.05, 0) is 37.6 Å². The van der Waals surface area contributed by atoms with Crippen LogP contribution in [0.4, 0.5) is 0 Å². The number of piperidine rings is 1. The van der Waals surface area contributed by atoms with Crippen LogP contribution in [0.15, 0.2) is 18.2 Å². The summed E-state index contributed by atoms with van der Waals surface area (Å²) in [7, 11) is 1.61. The molecule has 0 radical (unpaired) electrons. The molecule has 1 saturated heterocycles. The Morgan fingerprint density at radius 3 is 3.05 bits per heavy atom. The first-order valence-electron chi connectivity index (χ1n) is 7.13. The minimum Gasteiger partial charge on any atom is -0.490 e. The van der Waals surface area contributed by atoms with Gasteiger partial charge in [0, 0.05) is 24.7 Å². The molecule has 1 aromatic rings. The van der Waals surface area contributed by atoms with Gasteiger partial charge in [-0.3, -0.25) is 4.79 Å². The van der Waals surface area contributed by atoms with Crippen LogP contribution in [-0.2, 0) is 4.74 Å². The van der Waals surface area contributed by atoms with E-state index in [9.17, 15) is 4.79 Å². The van der Waals surface area contributed by atoms with Gasteiger partial charge in [-0.15, -0.1) is 0 Å². The molecule has 2 N–H and O–H groups in total. The number of carbonyl (C=O) groups excluding carboxylic acids is 1. The van der Waals surface area contributed by atoms with Crippen LogP contribution >= 0.6 is 11.6 Å². The van der Waals surface area contributed by atoms with Crippen molar-refractivity contribution in [1.29, 1.82) is 0 Å². The summed E-state index contributed by atoms with van der Waals surface area (Å²) >= 11 is 5.99. The highest BCUT2D eigenvalue weighted by Gasteiger charge is 2.19. The molecule has 2 rings (SSSR count). The molecule has 1 heterocycles. The molecule has 0 aromatic heterocycles. The summed E-state index contributed by atoms with van der Waals surface area (Å²) in [5, 5.41) is 6.81. The molecule has 1 aliphatic heterocycles. The van der Waals surface area contributed by atoms with E-state index in [4.69, 9.17) is 21.1 Å². The molecule has 0 aliphatic carbocycles. The lowest BCUT2D eigenvalue weighted by Crippen LogP contribution is -2.45. The Balaban J connectivity index is 2.04. The average Bonchev–Trinajstić information content (AvgIpc) is 2.50. The van der Waals surface area contributed by atoms with Crippen molar-refractivity contribution >= 4 is 17.5 Å². The van der Waals surface area contributed by atoms with E-state index in [0.717, 1.165) is 25.9 Å². The van der Waals surface area contributed by atoms with Crippen LogP contribution in [0.3, 0.4) is 0 Å². The molecule has 21 heavy (non-hydrogen) atoms. The van der Waals surface area contributed by atoms with E-state index >= 15 is 0 Å². The molecule has 1 atom stereocenters. The summed E-state index contributed by atoms with van der Waals surface area (Å²) in [6.07, 6.45) is 2.05. The number of rotatable bonds is 6. The number of methoxy groups -OCH3 is 1. The van der Waals surface area contributed by atoms with Crippen LogP contribution in [0.5, 0.6) is 5.75 Å². The molecule has 6 heteroatoms. The molecule has 1 fully saturated rings. The summed E-state index contributed by atoms with van der Waals surface area (Å²) in [5.74, 6) is 0.372. The molecule has 5 nitrogen and oxygen atoms in total. The second kappa shape index (κ2) is 8.22. The van der Waals surface area contributed by atoms with Crippen molar-refractivity contribution in [2.45, 2.75) is 18.9 Å². The van der Waals surface area contributed by atoms with Crippen LogP contribution in [0.25, 0.3) is 0 Å². The predicted molar refractivity (Wildman–Crippen MR) is 82.2 cm³/mol. The number of halogens is 1. The lowest BCUT2D eigenvalue weighted by molar-refractivity contribution is 0.0923. The lowest BCUT2D eigenvalue weighted by atomic mass is 10.1. The first kappa shape index (κ1) is 16.1. The van der Waals surface area contributed by atoms with Gasteiger partial charge >= 0.3 is 0 Å². The zero-order valence-corrected chi connectivity index (χ0v) is 12.9. The Labute approximate surface area is 130 Å². The predicted octanol–water partition coefficient (Wildman–Crippen LogP) is 1.85. The van der Waals surface area contributed by atoms with Crippen LogP contribution in [0.2, 0.25) is 5.02 Å². The molecular weight excluding hydrogens is 292 g/mol. The number of hydrogen-bond donors (Lipinski definition) is 2. The van der Waals surface area contributed by atoms with E-state index in [1.165, 1.54) is 0 Å². The Morgan fingerprint density at radius 1 is 1.48 bits per heavy atom. The van der Waals surface area contributed by atoms with Gasteiger partial charge in [-0.1, -0.05) is 11.6 Å². The quantitative estimate of drug-likeness (QED) is 0.787. The SMILES string of the molecule is COCCOc1ccc(Cl)cc1C(=O)NC1CCCNC1. The fourth-order valence-corrected chi connectivity index (χ4v) is 2.45. The number of benzene rings is 1. The summed E-state index contributed by atoms with van der Waals surface area (Å²) in [5.41, 5.74) is 0.462. The molecule has 116 valence electrons. The highest BCUT2D eigenvalue weighted by atomic mass is 35.5. The van der Waals surface area contributed by atoms with E-state index in [2.05, 4.69) is 10.6 Å². The molecule has 1 amide bonds. The normalized spacial score (nSPS) is 18.3. The van der Waals surface area contributed by atoms with Gasteiger partial charge in [0.05, 0.1) is 12.2 Å². The van der Waals surface area contributed by atoms with Gasteiger partial charge in [0.2, 0.25) is 0 Å². The average molecular weight is 313 g/mol. The van der Waals surface area contributed by atoms with Crippen molar-refractivity contribution in [2.24, 2.45) is 0 Å². The van der Waals surface area contributed by atoms with Gasteiger partial charge < -0.3 is 20.1 Å².